The first-order chi connectivity index (χ1) is 15.7. The van der Waals surface area contributed by atoms with Crippen LogP contribution in [-0.4, -0.2) is 40.9 Å². The van der Waals surface area contributed by atoms with Crippen molar-refractivity contribution in [2.75, 3.05) is 24.5 Å². The normalized spacial score (nSPS) is 16.8. The number of halogens is 2. The maximum Gasteiger partial charge on any atom is 0.407 e. The second-order valence-corrected chi connectivity index (χ2v) is 10.4. The molecule has 3 aromatic rings. The van der Waals surface area contributed by atoms with Crippen LogP contribution in [0.15, 0.2) is 42.5 Å². The molecule has 4 rings (SSSR count). The highest BCUT2D eigenvalue weighted by molar-refractivity contribution is 6.33. The van der Waals surface area contributed by atoms with Gasteiger partial charge in [-0.05, 0) is 75.4 Å². The number of aromatic nitrogens is 2. The molecule has 1 saturated heterocycles. The highest BCUT2D eigenvalue weighted by atomic mass is 35.5. The van der Waals surface area contributed by atoms with Crippen LogP contribution in [-0.2, 0) is 11.3 Å². The standard InChI is InChI=1S/C25H30Cl2N4O2/c1-25(2,3)33-24(32)28-14-17-7-6-12-30(15-17)23-29-21-8-4-5-9-22(21)31(23)16-18-13-19(26)10-11-20(18)27/h4-5,8-11,13,17H,6-7,12,14-16H2,1-3H3,(H,28,32)/t17-/m0/s1. The largest absolute Gasteiger partial charge is 0.444 e. The Morgan fingerprint density at radius 3 is 2.79 bits per heavy atom. The van der Waals surface area contributed by atoms with Crippen molar-refractivity contribution in [3.05, 3.63) is 58.1 Å². The number of piperidine rings is 1. The highest BCUT2D eigenvalue weighted by Gasteiger charge is 2.26. The summed E-state index contributed by atoms with van der Waals surface area (Å²) in [4.78, 5) is 19.4. The third kappa shape index (κ3) is 5.92. The Morgan fingerprint density at radius 2 is 2.00 bits per heavy atom. The summed E-state index contributed by atoms with van der Waals surface area (Å²) in [6.45, 7) is 8.47. The molecule has 176 valence electrons. The van der Waals surface area contributed by atoms with Gasteiger partial charge in [0, 0.05) is 29.7 Å². The molecule has 1 amide bonds. The maximum atomic E-state index is 12.1. The second kappa shape index (κ2) is 9.82. The Kier molecular flexibility index (Phi) is 7.05. The molecule has 1 aliphatic heterocycles. The van der Waals surface area contributed by atoms with E-state index in [9.17, 15) is 4.79 Å². The van der Waals surface area contributed by atoms with Crippen molar-refractivity contribution in [1.82, 2.24) is 14.9 Å². The van der Waals surface area contributed by atoms with Crippen molar-refractivity contribution in [3.8, 4) is 0 Å². The van der Waals surface area contributed by atoms with Crippen LogP contribution in [0.5, 0.6) is 0 Å². The monoisotopic (exact) mass is 488 g/mol. The van der Waals surface area contributed by atoms with Gasteiger partial charge in [0.2, 0.25) is 5.95 Å². The zero-order valence-electron chi connectivity index (χ0n) is 19.3. The van der Waals surface area contributed by atoms with Crippen LogP contribution < -0.4 is 10.2 Å². The Balaban J connectivity index is 1.55. The lowest BCUT2D eigenvalue weighted by atomic mass is 9.98. The van der Waals surface area contributed by atoms with E-state index in [0.717, 1.165) is 48.5 Å². The summed E-state index contributed by atoms with van der Waals surface area (Å²) in [5, 5.41) is 4.27. The minimum absolute atomic E-state index is 0.314. The molecular weight excluding hydrogens is 459 g/mol. The third-order valence-electron chi connectivity index (χ3n) is 5.71. The molecule has 33 heavy (non-hydrogen) atoms. The maximum absolute atomic E-state index is 12.1. The lowest BCUT2D eigenvalue weighted by molar-refractivity contribution is 0.0517. The highest BCUT2D eigenvalue weighted by Crippen LogP contribution is 2.30. The van der Waals surface area contributed by atoms with Crippen molar-refractivity contribution in [2.45, 2.75) is 45.8 Å². The number of benzene rings is 2. The number of nitrogens with one attached hydrogen (secondary N) is 1. The van der Waals surface area contributed by atoms with E-state index in [-0.39, 0.29) is 6.09 Å². The van der Waals surface area contributed by atoms with Gasteiger partial charge in [-0.25, -0.2) is 9.78 Å². The van der Waals surface area contributed by atoms with Crippen LogP contribution in [0.25, 0.3) is 11.0 Å². The van der Waals surface area contributed by atoms with Crippen molar-refractivity contribution in [3.63, 3.8) is 0 Å². The molecule has 2 aromatic carbocycles. The van der Waals surface area contributed by atoms with E-state index in [1.165, 1.54) is 0 Å². The molecule has 0 spiro atoms. The van der Waals surface area contributed by atoms with Gasteiger partial charge in [-0.3, -0.25) is 0 Å². The van der Waals surface area contributed by atoms with Crippen molar-refractivity contribution < 1.29 is 9.53 Å². The fourth-order valence-electron chi connectivity index (χ4n) is 4.25. The van der Waals surface area contributed by atoms with Gasteiger partial charge in [0.05, 0.1) is 17.6 Å². The zero-order chi connectivity index (χ0) is 23.6. The molecule has 0 unspecified atom stereocenters. The second-order valence-electron chi connectivity index (χ2n) is 9.56. The first-order valence-electron chi connectivity index (χ1n) is 11.3. The number of para-hydroxylation sites is 2. The van der Waals surface area contributed by atoms with E-state index in [1.807, 2.05) is 51.1 Å². The van der Waals surface area contributed by atoms with E-state index in [4.69, 9.17) is 32.9 Å². The van der Waals surface area contributed by atoms with Crippen molar-refractivity contribution in [1.29, 1.82) is 0 Å². The number of nitrogens with zero attached hydrogens (tertiary/aromatic N) is 3. The summed E-state index contributed by atoms with van der Waals surface area (Å²) in [6.07, 6.45) is 1.71. The van der Waals surface area contributed by atoms with Gasteiger partial charge in [-0.1, -0.05) is 35.3 Å². The fourth-order valence-corrected chi connectivity index (χ4v) is 4.62. The van der Waals surface area contributed by atoms with Crippen LogP contribution >= 0.6 is 23.2 Å². The van der Waals surface area contributed by atoms with Crippen molar-refractivity contribution in [2.24, 2.45) is 5.92 Å². The molecule has 8 heteroatoms. The molecular formula is C25H30Cl2N4O2. The Hall–Kier alpha value is -2.44. The molecule has 0 bridgehead atoms. The van der Waals surface area contributed by atoms with Gasteiger partial charge in [0.15, 0.2) is 0 Å². The molecule has 0 aliphatic carbocycles. The van der Waals surface area contributed by atoms with E-state index >= 15 is 0 Å². The molecule has 0 radical (unpaired) electrons. The lowest BCUT2D eigenvalue weighted by Gasteiger charge is -2.34. The van der Waals surface area contributed by atoms with Crippen LogP contribution in [0.4, 0.5) is 10.7 Å². The van der Waals surface area contributed by atoms with Crippen LogP contribution in [0.3, 0.4) is 0 Å². The molecule has 6 nitrogen and oxygen atoms in total. The van der Waals surface area contributed by atoms with E-state index in [2.05, 4.69) is 20.9 Å². The number of fused-ring (bicyclic) bond motifs is 1. The Labute approximate surface area is 204 Å². The van der Waals surface area contributed by atoms with Gasteiger partial charge in [0.1, 0.15) is 5.60 Å². The smallest absolute Gasteiger partial charge is 0.407 e. The third-order valence-corrected chi connectivity index (χ3v) is 6.31. The number of alkyl carbamates (subject to hydrolysis) is 1. The summed E-state index contributed by atoms with van der Waals surface area (Å²) in [7, 11) is 0. The molecule has 1 aromatic heterocycles. The molecule has 1 atom stereocenters. The summed E-state index contributed by atoms with van der Waals surface area (Å²) < 4.78 is 7.59. The SMILES string of the molecule is CC(C)(C)OC(=O)NC[C@@H]1CCCN(c2nc3ccccc3n2Cc2cc(Cl)ccc2Cl)C1. The summed E-state index contributed by atoms with van der Waals surface area (Å²) in [5.74, 6) is 1.23. The topological polar surface area (TPSA) is 59.4 Å². The predicted molar refractivity (Wildman–Crippen MR) is 134 cm³/mol. The number of anilines is 1. The Bertz CT molecular complexity index is 1140. The number of carbonyl (C=O) groups is 1. The van der Waals surface area contributed by atoms with Crippen LogP contribution in [0, 0.1) is 5.92 Å². The summed E-state index contributed by atoms with van der Waals surface area (Å²) in [6, 6.07) is 13.7. The van der Waals surface area contributed by atoms with Gasteiger partial charge >= 0.3 is 6.09 Å². The number of carbonyl (C=O) groups excluding carboxylic acids is 1. The quantitative estimate of drug-likeness (QED) is 0.468. The fraction of sp³-hybridized carbons (Fsp3) is 0.440. The first kappa shape index (κ1) is 23.7. The number of hydrogen-bond donors (Lipinski definition) is 1. The number of amides is 1. The number of hydrogen-bond acceptors (Lipinski definition) is 4. The molecule has 0 saturated carbocycles. The Morgan fingerprint density at radius 1 is 1.21 bits per heavy atom. The van der Waals surface area contributed by atoms with Gasteiger partial charge in [-0.15, -0.1) is 0 Å². The summed E-state index contributed by atoms with van der Waals surface area (Å²) >= 11 is 12.7. The van der Waals surface area contributed by atoms with Crippen molar-refractivity contribution >= 4 is 46.3 Å². The van der Waals surface area contributed by atoms with Gasteiger partial charge in [0.25, 0.3) is 0 Å². The van der Waals surface area contributed by atoms with E-state index in [1.54, 1.807) is 6.07 Å². The number of rotatable bonds is 5. The minimum atomic E-state index is -0.505. The predicted octanol–water partition coefficient (Wildman–Crippen LogP) is 6.13. The van der Waals surface area contributed by atoms with Crippen LogP contribution in [0.1, 0.15) is 39.2 Å². The van der Waals surface area contributed by atoms with Gasteiger partial charge < -0.3 is 19.5 Å². The van der Waals surface area contributed by atoms with E-state index < -0.39 is 5.60 Å². The minimum Gasteiger partial charge on any atom is -0.444 e. The first-order valence-corrected chi connectivity index (χ1v) is 12.1. The zero-order valence-corrected chi connectivity index (χ0v) is 20.8. The number of ether oxygens (including phenoxy) is 1. The van der Waals surface area contributed by atoms with Crippen LogP contribution in [0.2, 0.25) is 10.0 Å². The molecule has 1 N–H and O–H groups in total. The number of imidazole rings is 1. The molecule has 1 aliphatic rings. The van der Waals surface area contributed by atoms with Gasteiger partial charge in [-0.2, -0.15) is 0 Å². The average Bonchev–Trinajstić information content (AvgIpc) is 3.12. The van der Waals surface area contributed by atoms with E-state index in [0.29, 0.717) is 29.1 Å². The average molecular weight is 489 g/mol. The molecule has 1 fully saturated rings. The summed E-state index contributed by atoms with van der Waals surface area (Å²) in [5.41, 5.74) is 2.45. The molecule has 2 heterocycles. The lowest BCUT2D eigenvalue weighted by Crippen LogP contribution is -2.43.